The molecule has 1 heterocycles. The van der Waals surface area contributed by atoms with Gasteiger partial charge in [-0.25, -0.2) is 0 Å². The molecule has 3 heteroatoms. The van der Waals surface area contributed by atoms with Crippen molar-refractivity contribution in [2.75, 3.05) is 6.61 Å². The largest absolute Gasteiger partial charge is 0.394 e. The summed E-state index contributed by atoms with van der Waals surface area (Å²) in [7, 11) is 0. The Kier molecular flexibility index (Phi) is 3.61. The zero-order valence-electron chi connectivity index (χ0n) is 11.5. The van der Waals surface area contributed by atoms with Crippen LogP contribution in [0.3, 0.4) is 0 Å². The maximum absolute atomic E-state index is 9.60. The van der Waals surface area contributed by atoms with E-state index in [1.807, 2.05) is 6.07 Å². The molecular formula is C16H22O3. The van der Waals surface area contributed by atoms with E-state index in [1.54, 1.807) is 0 Å². The molecule has 1 spiro atoms. The molecule has 0 radical (unpaired) electrons. The van der Waals surface area contributed by atoms with Gasteiger partial charge in [-0.3, -0.25) is 0 Å². The molecular weight excluding hydrogens is 240 g/mol. The Hall–Kier alpha value is -0.900. The second-order valence-corrected chi connectivity index (χ2v) is 5.55. The summed E-state index contributed by atoms with van der Waals surface area (Å²) in [5.74, 6) is -0.432. The van der Waals surface area contributed by atoms with E-state index in [4.69, 9.17) is 9.47 Å². The Morgan fingerprint density at radius 1 is 1.21 bits per heavy atom. The lowest BCUT2D eigenvalue weighted by Crippen LogP contribution is -2.27. The van der Waals surface area contributed by atoms with Gasteiger partial charge in [-0.1, -0.05) is 31.2 Å². The first kappa shape index (κ1) is 13.1. The minimum absolute atomic E-state index is 0.0183. The molecule has 1 aromatic carbocycles. The van der Waals surface area contributed by atoms with Crippen molar-refractivity contribution in [3.8, 4) is 0 Å². The van der Waals surface area contributed by atoms with Crippen LogP contribution >= 0.6 is 0 Å². The van der Waals surface area contributed by atoms with E-state index in [-0.39, 0.29) is 18.8 Å². The molecule has 2 atom stereocenters. The number of aliphatic hydroxyl groups is 1. The van der Waals surface area contributed by atoms with E-state index in [0.717, 1.165) is 32.1 Å². The quantitative estimate of drug-likeness (QED) is 0.910. The van der Waals surface area contributed by atoms with Gasteiger partial charge in [-0.2, -0.15) is 0 Å². The first-order valence-electron chi connectivity index (χ1n) is 7.32. The lowest BCUT2D eigenvalue weighted by molar-refractivity contribution is -0.172. The number of hydrogen-bond acceptors (Lipinski definition) is 3. The predicted molar refractivity (Wildman–Crippen MR) is 72.8 cm³/mol. The van der Waals surface area contributed by atoms with Gasteiger partial charge in [-0.05, 0) is 30.4 Å². The number of aryl methyl sites for hydroxylation is 1. The second kappa shape index (κ2) is 5.23. The third kappa shape index (κ3) is 2.31. The fourth-order valence-electron chi connectivity index (χ4n) is 3.35. The van der Waals surface area contributed by atoms with Crippen molar-refractivity contribution in [3.05, 3.63) is 35.4 Å². The van der Waals surface area contributed by atoms with E-state index < -0.39 is 5.79 Å². The van der Waals surface area contributed by atoms with Gasteiger partial charge < -0.3 is 14.6 Å². The summed E-state index contributed by atoms with van der Waals surface area (Å²) in [6.45, 7) is 2.17. The Morgan fingerprint density at radius 2 is 1.95 bits per heavy atom. The summed E-state index contributed by atoms with van der Waals surface area (Å²) < 4.78 is 12.3. The van der Waals surface area contributed by atoms with Crippen LogP contribution in [0.1, 0.15) is 49.8 Å². The monoisotopic (exact) mass is 262 g/mol. The smallest absolute Gasteiger partial charge is 0.169 e. The highest BCUT2D eigenvalue weighted by atomic mass is 16.8. The van der Waals surface area contributed by atoms with Crippen LogP contribution in [-0.4, -0.2) is 23.6 Å². The minimum atomic E-state index is -0.432. The summed E-state index contributed by atoms with van der Waals surface area (Å²) in [4.78, 5) is 0. The first-order valence-corrected chi connectivity index (χ1v) is 7.32. The Morgan fingerprint density at radius 3 is 2.63 bits per heavy atom. The molecule has 0 amide bonds. The van der Waals surface area contributed by atoms with E-state index in [9.17, 15) is 5.11 Å². The molecule has 1 aliphatic heterocycles. The molecule has 1 aromatic rings. The average molecular weight is 262 g/mol. The third-order valence-corrected chi connectivity index (χ3v) is 4.33. The van der Waals surface area contributed by atoms with Gasteiger partial charge in [0.2, 0.25) is 0 Å². The highest BCUT2D eigenvalue weighted by molar-refractivity contribution is 5.30. The molecule has 1 saturated heterocycles. The number of benzene rings is 1. The summed E-state index contributed by atoms with van der Waals surface area (Å²) in [6, 6.07) is 8.32. The number of ether oxygens (including phenoxy) is 2. The second-order valence-electron chi connectivity index (χ2n) is 5.55. The molecule has 19 heavy (non-hydrogen) atoms. The van der Waals surface area contributed by atoms with Gasteiger partial charge in [0.25, 0.3) is 0 Å². The van der Waals surface area contributed by atoms with Gasteiger partial charge in [0.05, 0.1) is 6.61 Å². The van der Waals surface area contributed by atoms with E-state index in [1.165, 1.54) is 11.1 Å². The number of aliphatic hydroxyl groups excluding tert-OH is 1. The fourth-order valence-corrected chi connectivity index (χ4v) is 3.35. The van der Waals surface area contributed by atoms with Crippen molar-refractivity contribution in [1.29, 1.82) is 0 Å². The molecule has 104 valence electrons. The van der Waals surface area contributed by atoms with E-state index in [2.05, 4.69) is 25.1 Å². The van der Waals surface area contributed by atoms with Crippen molar-refractivity contribution in [2.45, 2.75) is 57.0 Å². The molecule has 3 rings (SSSR count). The highest BCUT2D eigenvalue weighted by Crippen LogP contribution is 2.47. The van der Waals surface area contributed by atoms with Crippen molar-refractivity contribution < 1.29 is 14.6 Å². The van der Waals surface area contributed by atoms with Crippen LogP contribution in [0.25, 0.3) is 0 Å². The summed E-state index contributed by atoms with van der Waals surface area (Å²) in [5.41, 5.74) is 2.46. The van der Waals surface area contributed by atoms with Gasteiger partial charge in [0, 0.05) is 12.8 Å². The summed E-state index contributed by atoms with van der Waals surface area (Å²) >= 11 is 0. The van der Waals surface area contributed by atoms with E-state index >= 15 is 0 Å². The zero-order chi connectivity index (χ0) is 13.3. The molecule has 0 aromatic heterocycles. The van der Waals surface area contributed by atoms with Crippen LogP contribution in [0.2, 0.25) is 0 Å². The van der Waals surface area contributed by atoms with Crippen molar-refractivity contribution in [3.63, 3.8) is 0 Å². The molecule has 0 bridgehead atoms. The van der Waals surface area contributed by atoms with Crippen LogP contribution in [0, 0.1) is 0 Å². The van der Waals surface area contributed by atoms with E-state index in [0.29, 0.717) is 0 Å². The van der Waals surface area contributed by atoms with Gasteiger partial charge in [-0.15, -0.1) is 0 Å². The average Bonchev–Trinajstić information content (AvgIpc) is 3.06. The molecule has 3 nitrogen and oxygen atoms in total. The topological polar surface area (TPSA) is 38.7 Å². The van der Waals surface area contributed by atoms with Crippen LogP contribution in [0.5, 0.6) is 0 Å². The fraction of sp³-hybridized carbons (Fsp3) is 0.625. The predicted octanol–water partition coefficient (Wildman–Crippen LogP) is 2.97. The molecule has 2 aliphatic rings. The van der Waals surface area contributed by atoms with Gasteiger partial charge in [0.1, 0.15) is 12.2 Å². The minimum Gasteiger partial charge on any atom is -0.394 e. The highest BCUT2D eigenvalue weighted by Gasteiger charge is 2.49. The Labute approximate surface area is 114 Å². The normalized spacial score (nSPS) is 29.2. The summed E-state index contributed by atoms with van der Waals surface area (Å²) in [6.07, 6.45) is 4.83. The lowest BCUT2D eigenvalue weighted by atomic mass is 9.97. The van der Waals surface area contributed by atoms with Crippen LogP contribution < -0.4 is 0 Å². The van der Waals surface area contributed by atoms with Crippen molar-refractivity contribution >= 4 is 0 Å². The van der Waals surface area contributed by atoms with Crippen LogP contribution in [0.4, 0.5) is 0 Å². The SMILES string of the molecule is CCc1ccccc1C1OC2(CCCC2)OC1CO. The Bertz CT molecular complexity index is 437. The number of hydrogen-bond donors (Lipinski definition) is 1. The molecule has 2 unspecified atom stereocenters. The van der Waals surface area contributed by atoms with Gasteiger partial charge in [0.15, 0.2) is 5.79 Å². The first-order chi connectivity index (χ1) is 9.28. The molecule has 1 N–H and O–H groups in total. The van der Waals surface area contributed by atoms with Crippen molar-refractivity contribution in [2.24, 2.45) is 0 Å². The van der Waals surface area contributed by atoms with Crippen LogP contribution in [-0.2, 0) is 15.9 Å². The number of rotatable bonds is 3. The molecule has 1 aliphatic carbocycles. The molecule has 2 fully saturated rings. The maximum Gasteiger partial charge on any atom is 0.169 e. The maximum atomic E-state index is 9.60. The molecule has 1 saturated carbocycles. The summed E-state index contributed by atoms with van der Waals surface area (Å²) in [5, 5.41) is 9.60. The lowest BCUT2D eigenvalue weighted by Gasteiger charge is -2.22. The van der Waals surface area contributed by atoms with Crippen molar-refractivity contribution in [1.82, 2.24) is 0 Å². The van der Waals surface area contributed by atoms with Gasteiger partial charge >= 0.3 is 0 Å². The zero-order valence-corrected chi connectivity index (χ0v) is 11.5. The van der Waals surface area contributed by atoms with Crippen LogP contribution in [0.15, 0.2) is 24.3 Å². The third-order valence-electron chi connectivity index (χ3n) is 4.33. The Balaban J connectivity index is 1.90. The standard InChI is InChI=1S/C16H22O3/c1-2-12-7-3-4-8-13(12)15-14(11-17)18-16(19-15)9-5-6-10-16/h3-4,7-8,14-15,17H,2,5-6,9-11H2,1H3.